The Balaban J connectivity index is 1.18. The number of nitrogens with zero attached hydrogens (tertiary/aromatic N) is 1. The Morgan fingerprint density at radius 2 is 0.889 bits per heavy atom. The van der Waals surface area contributed by atoms with Crippen LogP contribution in [0.5, 0.6) is 0 Å². The number of rotatable bonds is 5. The Morgan fingerprint density at radius 3 is 1.69 bits per heavy atom. The first kappa shape index (κ1) is 26.9. The zero-order chi connectivity index (χ0) is 30.3. The van der Waals surface area contributed by atoms with Gasteiger partial charge >= 0.3 is 0 Å². The highest BCUT2D eigenvalue weighted by Gasteiger charge is 2.14. The van der Waals surface area contributed by atoms with Crippen molar-refractivity contribution in [3.05, 3.63) is 175 Å². The fourth-order valence-corrected chi connectivity index (χ4v) is 6.71. The van der Waals surface area contributed by atoms with Crippen LogP contribution in [-0.2, 0) is 0 Å². The minimum atomic E-state index is 1.17. The second-order valence-electron chi connectivity index (χ2n) is 11.9. The van der Waals surface area contributed by atoms with E-state index in [0.717, 1.165) is 0 Å². The van der Waals surface area contributed by atoms with E-state index >= 15 is 0 Å². The molecule has 214 valence electrons. The molecule has 1 nitrogen and oxygen atoms in total. The summed E-state index contributed by atoms with van der Waals surface area (Å²) < 4.78 is 2.40. The molecular formula is C44H33N. The molecular weight excluding hydrogens is 542 g/mol. The first-order valence-electron chi connectivity index (χ1n) is 15.6. The van der Waals surface area contributed by atoms with Crippen LogP contribution in [0.3, 0.4) is 0 Å². The molecule has 0 N–H and O–H groups in total. The van der Waals surface area contributed by atoms with Crippen LogP contribution in [0.1, 0.15) is 11.1 Å². The van der Waals surface area contributed by atoms with E-state index in [1.54, 1.807) is 0 Å². The van der Waals surface area contributed by atoms with Crippen molar-refractivity contribution in [3.8, 4) is 50.2 Å². The highest BCUT2D eigenvalue weighted by molar-refractivity contribution is 6.10. The molecule has 8 rings (SSSR count). The first-order valence-corrected chi connectivity index (χ1v) is 15.6. The summed E-state index contributed by atoms with van der Waals surface area (Å²) in [6.45, 7) is 4.38. The van der Waals surface area contributed by atoms with Crippen LogP contribution in [-0.4, -0.2) is 4.57 Å². The highest BCUT2D eigenvalue weighted by atomic mass is 15.0. The second kappa shape index (κ2) is 11.1. The minimum Gasteiger partial charge on any atom is -0.309 e. The molecule has 0 spiro atoms. The molecule has 1 heterocycles. The summed E-state index contributed by atoms with van der Waals surface area (Å²) in [4.78, 5) is 0. The van der Waals surface area contributed by atoms with Gasteiger partial charge in [0.2, 0.25) is 0 Å². The summed E-state index contributed by atoms with van der Waals surface area (Å²) in [5.74, 6) is 0. The number of fused-ring (bicyclic) bond motifs is 3. The second-order valence-corrected chi connectivity index (χ2v) is 11.9. The van der Waals surface area contributed by atoms with Gasteiger partial charge in [-0.15, -0.1) is 0 Å². The standard InChI is InChI=1S/C44H33N/c1-30-11-6-7-16-39(30)41-28-36(20-19-31(41)2)33-21-23-34(24-22-33)37-25-26-44-42(29-37)40-17-8-9-18-43(40)45(44)38-15-10-14-35(27-38)32-12-4-3-5-13-32/h3-29H,1-2H3. The highest BCUT2D eigenvalue weighted by Crippen LogP contribution is 2.37. The fraction of sp³-hybridized carbons (Fsp3) is 0.0455. The minimum absolute atomic E-state index is 1.17. The maximum atomic E-state index is 2.40. The van der Waals surface area contributed by atoms with Crippen LogP contribution in [0.15, 0.2) is 164 Å². The molecule has 0 aliphatic carbocycles. The molecule has 0 saturated carbocycles. The topological polar surface area (TPSA) is 4.93 Å². The van der Waals surface area contributed by atoms with Gasteiger partial charge in [0, 0.05) is 16.5 Å². The van der Waals surface area contributed by atoms with Crippen LogP contribution >= 0.6 is 0 Å². The van der Waals surface area contributed by atoms with Gasteiger partial charge in [-0.25, -0.2) is 0 Å². The maximum absolute atomic E-state index is 2.40. The quantitative estimate of drug-likeness (QED) is 0.192. The lowest BCUT2D eigenvalue weighted by molar-refractivity contribution is 1.18. The molecule has 1 aromatic heterocycles. The zero-order valence-electron chi connectivity index (χ0n) is 25.5. The third kappa shape index (κ3) is 4.83. The van der Waals surface area contributed by atoms with E-state index in [0.29, 0.717) is 0 Å². The molecule has 0 saturated heterocycles. The van der Waals surface area contributed by atoms with Gasteiger partial charge in [-0.3, -0.25) is 0 Å². The van der Waals surface area contributed by atoms with Gasteiger partial charge in [0.15, 0.2) is 0 Å². The van der Waals surface area contributed by atoms with Gasteiger partial charge < -0.3 is 4.57 Å². The number of hydrogen-bond acceptors (Lipinski definition) is 0. The molecule has 0 atom stereocenters. The van der Waals surface area contributed by atoms with Gasteiger partial charge in [0.05, 0.1) is 11.0 Å². The van der Waals surface area contributed by atoms with Crippen molar-refractivity contribution >= 4 is 21.8 Å². The van der Waals surface area contributed by atoms with E-state index in [-0.39, 0.29) is 0 Å². The molecule has 45 heavy (non-hydrogen) atoms. The SMILES string of the molecule is Cc1ccccc1-c1cc(-c2ccc(-c3ccc4c(c3)c3ccccc3n4-c3cccc(-c4ccccc4)c3)cc2)ccc1C. The number of aromatic nitrogens is 1. The molecule has 0 bridgehead atoms. The number of benzene rings is 7. The van der Waals surface area contributed by atoms with Crippen LogP contribution < -0.4 is 0 Å². The average Bonchev–Trinajstić information content (AvgIpc) is 3.43. The number of para-hydroxylation sites is 1. The zero-order valence-corrected chi connectivity index (χ0v) is 25.5. The third-order valence-corrected chi connectivity index (χ3v) is 9.11. The van der Waals surface area contributed by atoms with E-state index in [4.69, 9.17) is 0 Å². The van der Waals surface area contributed by atoms with Crippen LogP contribution in [0.4, 0.5) is 0 Å². The Hall–Kier alpha value is -5.66. The van der Waals surface area contributed by atoms with Gasteiger partial charge in [-0.2, -0.15) is 0 Å². The Morgan fingerprint density at radius 1 is 0.333 bits per heavy atom. The molecule has 7 aromatic carbocycles. The van der Waals surface area contributed by atoms with Gasteiger partial charge in [0.25, 0.3) is 0 Å². The number of aryl methyl sites for hydroxylation is 2. The smallest absolute Gasteiger partial charge is 0.0541 e. The third-order valence-electron chi connectivity index (χ3n) is 9.11. The molecule has 1 heteroatoms. The monoisotopic (exact) mass is 575 g/mol. The van der Waals surface area contributed by atoms with Gasteiger partial charge in [-0.05, 0) is 106 Å². The normalized spacial score (nSPS) is 11.3. The largest absolute Gasteiger partial charge is 0.309 e. The lowest BCUT2D eigenvalue weighted by atomic mass is 9.92. The summed E-state index contributed by atoms with van der Waals surface area (Å²) in [5, 5.41) is 2.53. The van der Waals surface area contributed by atoms with Gasteiger partial charge in [-0.1, -0.05) is 127 Å². The average molecular weight is 576 g/mol. The van der Waals surface area contributed by atoms with Crippen molar-refractivity contribution in [3.63, 3.8) is 0 Å². The predicted octanol–water partition coefficient (Wildman–Crippen LogP) is 12.1. The molecule has 0 radical (unpaired) electrons. The predicted molar refractivity (Wildman–Crippen MR) is 192 cm³/mol. The molecule has 0 amide bonds. The van der Waals surface area contributed by atoms with Crippen molar-refractivity contribution in [2.75, 3.05) is 0 Å². The molecule has 0 unspecified atom stereocenters. The van der Waals surface area contributed by atoms with Crippen molar-refractivity contribution in [1.29, 1.82) is 0 Å². The van der Waals surface area contributed by atoms with Gasteiger partial charge in [0.1, 0.15) is 0 Å². The van der Waals surface area contributed by atoms with E-state index in [1.807, 2.05) is 0 Å². The summed E-state index contributed by atoms with van der Waals surface area (Å²) in [6.07, 6.45) is 0. The summed E-state index contributed by atoms with van der Waals surface area (Å²) >= 11 is 0. The van der Waals surface area contributed by atoms with Crippen LogP contribution in [0, 0.1) is 13.8 Å². The lowest BCUT2D eigenvalue weighted by Crippen LogP contribution is -1.94. The Bertz CT molecular complexity index is 2320. The molecule has 0 aliphatic heterocycles. The van der Waals surface area contributed by atoms with E-state index in [2.05, 4.69) is 182 Å². The lowest BCUT2D eigenvalue weighted by Gasteiger charge is -2.12. The Kier molecular flexibility index (Phi) is 6.65. The summed E-state index contributed by atoms with van der Waals surface area (Å²) in [6, 6.07) is 59.6. The van der Waals surface area contributed by atoms with Crippen LogP contribution in [0.25, 0.3) is 72.0 Å². The molecule has 8 aromatic rings. The van der Waals surface area contributed by atoms with Crippen molar-refractivity contribution in [2.45, 2.75) is 13.8 Å². The first-order chi connectivity index (χ1) is 22.1. The van der Waals surface area contributed by atoms with Crippen molar-refractivity contribution in [2.24, 2.45) is 0 Å². The number of hydrogen-bond donors (Lipinski definition) is 0. The van der Waals surface area contributed by atoms with E-state index in [9.17, 15) is 0 Å². The fourth-order valence-electron chi connectivity index (χ4n) is 6.71. The van der Waals surface area contributed by atoms with Crippen molar-refractivity contribution < 1.29 is 0 Å². The summed E-state index contributed by atoms with van der Waals surface area (Å²) in [5.41, 5.74) is 16.1. The molecule has 0 fully saturated rings. The van der Waals surface area contributed by atoms with E-state index < -0.39 is 0 Å². The maximum Gasteiger partial charge on any atom is 0.0541 e. The molecule has 0 aliphatic rings. The van der Waals surface area contributed by atoms with Crippen molar-refractivity contribution in [1.82, 2.24) is 4.57 Å². The van der Waals surface area contributed by atoms with Crippen LogP contribution in [0.2, 0.25) is 0 Å². The van der Waals surface area contributed by atoms with E-state index in [1.165, 1.54) is 83.1 Å². The Labute approximate surface area is 264 Å². The summed E-state index contributed by atoms with van der Waals surface area (Å²) in [7, 11) is 0.